The number of aryl methyl sites for hydroxylation is 2. The molecule has 1 aromatic carbocycles. The van der Waals surface area contributed by atoms with Gasteiger partial charge in [-0.05, 0) is 62.6 Å². The number of rotatable bonds is 3. The molecular weight excluding hydrogens is 290 g/mol. The van der Waals surface area contributed by atoms with Gasteiger partial charge in [0.05, 0.1) is 11.4 Å². The Bertz CT molecular complexity index is 697. The lowest BCUT2D eigenvalue weighted by atomic mass is 9.91. The number of hydrogen-bond donors (Lipinski definition) is 3. The van der Waals surface area contributed by atoms with Gasteiger partial charge in [-0.2, -0.15) is 5.10 Å². The summed E-state index contributed by atoms with van der Waals surface area (Å²) in [6.07, 6.45) is 1.47. The molecule has 0 aliphatic carbocycles. The molecule has 2 aromatic rings. The van der Waals surface area contributed by atoms with Crippen LogP contribution in [0.15, 0.2) is 24.3 Å². The summed E-state index contributed by atoms with van der Waals surface area (Å²) in [5, 5.41) is 32.4. The number of aromatic nitrogens is 2. The fraction of sp³-hybridized carbons (Fsp3) is 0.444. The molecule has 0 radical (unpaired) electrons. The van der Waals surface area contributed by atoms with Gasteiger partial charge in [-0.15, -0.1) is 5.10 Å². The zero-order chi connectivity index (χ0) is 16.4. The minimum Gasteiger partial charge on any atom is -0.507 e. The molecule has 2 heterocycles. The van der Waals surface area contributed by atoms with E-state index in [0.717, 1.165) is 37.1 Å². The molecule has 122 valence electrons. The molecule has 3 rings (SSSR count). The zero-order valence-corrected chi connectivity index (χ0v) is 13.6. The van der Waals surface area contributed by atoms with E-state index in [0.29, 0.717) is 17.0 Å². The summed E-state index contributed by atoms with van der Waals surface area (Å²) in [7, 11) is 0. The molecule has 0 saturated carbocycles. The smallest absolute Gasteiger partial charge is 0.125 e. The van der Waals surface area contributed by atoms with Crippen LogP contribution < -0.4 is 5.32 Å². The predicted molar refractivity (Wildman–Crippen MR) is 89.2 cm³/mol. The van der Waals surface area contributed by atoms with Crippen molar-refractivity contribution in [3.8, 4) is 17.0 Å². The van der Waals surface area contributed by atoms with E-state index < -0.39 is 6.10 Å². The number of phenolic OH excluding ortho intramolecular Hbond substituents is 1. The topological polar surface area (TPSA) is 78.3 Å². The first-order valence-electron chi connectivity index (χ1n) is 8.09. The SMILES string of the molecule is Cc1ccc(-c2nnc(C(O)C3CCCNC3)cc2C)c(O)c1. The van der Waals surface area contributed by atoms with Crippen molar-refractivity contribution in [3.63, 3.8) is 0 Å². The first-order chi connectivity index (χ1) is 11.1. The second-order valence-electron chi connectivity index (χ2n) is 6.37. The van der Waals surface area contributed by atoms with Crippen LogP contribution in [0, 0.1) is 19.8 Å². The molecule has 23 heavy (non-hydrogen) atoms. The Kier molecular flexibility index (Phi) is 4.59. The summed E-state index contributed by atoms with van der Waals surface area (Å²) in [6.45, 7) is 5.68. The summed E-state index contributed by atoms with van der Waals surface area (Å²) in [5.41, 5.74) is 3.82. The van der Waals surface area contributed by atoms with Gasteiger partial charge in [0, 0.05) is 18.0 Å². The van der Waals surface area contributed by atoms with Crippen LogP contribution in [-0.4, -0.2) is 33.5 Å². The quantitative estimate of drug-likeness (QED) is 0.811. The minimum atomic E-state index is -0.602. The van der Waals surface area contributed by atoms with Crippen LogP contribution in [0.2, 0.25) is 0 Å². The molecule has 0 bridgehead atoms. The third-order valence-electron chi connectivity index (χ3n) is 4.50. The Labute approximate surface area is 136 Å². The molecule has 2 atom stereocenters. The van der Waals surface area contributed by atoms with Gasteiger partial charge in [-0.3, -0.25) is 0 Å². The van der Waals surface area contributed by atoms with Crippen molar-refractivity contribution in [1.29, 1.82) is 0 Å². The highest BCUT2D eigenvalue weighted by Gasteiger charge is 2.25. The van der Waals surface area contributed by atoms with Gasteiger partial charge in [0.25, 0.3) is 0 Å². The third kappa shape index (κ3) is 3.35. The Morgan fingerprint density at radius 1 is 1.22 bits per heavy atom. The van der Waals surface area contributed by atoms with Crippen LogP contribution in [0.25, 0.3) is 11.3 Å². The van der Waals surface area contributed by atoms with E-state index in [1.807, 2.05) is 32.0 Å². The molecular formula is C18H23N3O2. The Morgan fingerprint density at radius 3 is 2.70 bits per heavy atom. The number of piperidine rings is 1. The van der Waals surface area contributed by atoms with Crippen LogP contribution in [0.3, 0.4) is 0 Å². The highest BCUT2D eigenvalue weighted by Crippen LogP contribution is 2.32. The summed E-state index contributed by atoms with van der Waals surface area (Å²) in [4.78, 5) is 0. The van der Waals surface area contributed by atoms with Crippen molar-refractivity contribution >= 4 is 0 Å². The molecule has 5 nitrogen and oxygen atoms in total. The second-order valence-corrected chi connectivity index (χ2v) is 6.37. The monoisotopic (exact) mass is 313 g/mol. The normalized spacial score (nSPS) is 19.5. The lowest BCUT2D eigenvalue weighted by Gasteiger charge is -2.27. The molecule has 1 aliphatic heterocycles. The van der Waals surface area contributed by atoms with Crippen molar-refractivity contribution in [2.24, 2.45) is 5.92 Å². The van der Waals surface area contributed by atoms with Crippen molar-refractivity contribution in [2.75, 3.05) is 13.1 Å². The Hall–Kier alpha value is -1.98. The maximum absolute atomic E-state index is 10.5. The van der Waals surface area contributed by atoms with Crippen molar-refractivity contribution in [1.82, 2.24) is 15.5 Å². The molecule has 0 amide bonds. The summed E-state index contributed by atoms with van der Waals surface area (Å²) < 4.78 is 0. The number of aliphatic hydroxyl groups excluding tert-OH is 1. The van der Waals surface area contributed by atoms with E-state index >= 15 is 0 Å². The number of hydrogen-bond acceptors (Lipinski definition) is 5. The molecule has 1 aliphatic rings. The summed E-state index contributed by atoms with van der Waals surface area (Å²) in [5.74, 6) is 0.378. The highest BCUT2D eigenvalue weighted by atomic mass is 16.3. The summed E-state index contributed by atoms with van der Waals surface area (Å²) in [6, 6.07) is 7.38. The summed E-state index contributed by atoms with van der Waals surface area (Å²) >= 11 is 0. The van der Waals surface area contributed by atoms with E-state index in [2.05, 4.69) is 15.5 Å². The molecule has 1 aromatic heterocycles. The third-order valence-corrected chi connectivity index (χ3v) is 4.50. The van der Waals surface area contributed by atoms with Crippen LogP contribution >= 0.6 is 0 Å². The van der Waals surface area contributed by atoms with Crippen molar-refractivity contribution in [2.45, 2.75) is 32.8 Å². The van der Waals surface area contributed by atoms with Crippen LogP contribution in [-0.2, 0) is 0 Å². The van der Waals surface area contributed by atoms with Gasteiger partial charge in [0.1, 0.15) is 11.9 Å². The second kappa shape index (κ2) is 6.64. The number of aromatic hydroxyl groups is 1. The van der Waals surface area contributed by atoms with Crippen molar-refractivity contribution < 1.29 is 10.2 Å². The van der Waals surface area contributed by atoms with Gasteiger partial charge in [-0.25, -0.2) is 0 Å². The van der Waals surface area contributed by atoms with Gasteiger partial charge in [-0.1, -0.05) is 6.07 Å². The van der Waals surface area contributed by atoms with E-state index in [4.69, 9.17) is 0 Å². The average molecular weight is 313 g/mol. The molecule has 1 fully saturated rings. The molecule has 5 heteroatoms. The first kappa shape index (κ1) is 15.9. The van der Waals surface area contributed by atoms with Gasteiger partial charge in [0.15, 0.2) is 0 Å². The molecule has 3 N–H and O–H groups in total. The first-order valence-corrected chi connectivity index (χ1v) is 8.09. The molecule has 2 unspecified atom stereocenters. The van der Waals surface area contributed by atoms with Gasteiger partial charge < -0.3 is 15.5 Å². The Balaban J connectivity index is 1.88. The number of nitrogens with zero attached hydrogens (tertiary/aromatic N) is 2. The Morgan fingerprint density at radius 2 is 2.04 bits per heavy atom. The number of benzene rings is 1. The van der Waals surface area contributed by atoms with E-state index in [1.165, 1.54) is 0 Å². The zero-order valence-electron chi connectivity index (χ0n) is 13.6. The lowest BCUT2D eigenvalue weighted by Crippen LogP contribution is -2.33. The van der Waals surface area contributed by atoms with Gasteiger partial charge in [0.2, 0.25) is 0 Å². The van der Waals surface area contributed by atoms with E-state index in [-0.39, 0.29) is 11.7 Å². The van der Waals surface area contributed by atoms with Gasteiger partial charge >= 0.3 is 0 Å². The van der Waals surface area contributed by atoms with E-state index in [1.54, 1.807) is 6.07 Å². The number of phenols is 1. The fourth-order valence-corrected chi connectivity index (χ4v) is 3.15. The van der Waals surface area contributed by atoms with Crippen LogP contribution in [0.5, 0.6) is 5.75 Å². The number of aliphatic hydroxyl groups is 1. The minimum absolute atomic E-state index is 0.177. The average Bonchev–Trinajstić information content (AvgIpc) is 2.55. The fourth-order valence-electron chi connectivity index (χ4n) is 3.15. The van der Waals surface area contributed by atoms with Crippen LogP contribution in [0.4, 0.5) is 0 Å². The lowest BCUT2D eigenvalue weighted by molar-refractivity contribution is 0.0875. The van der Waals surface area contributed by atoms with E-state index in [9.17, 15) is 10.2 Å². The predicted octanol–water partition coefficient (Wildman–Crippen LogP) is 2.50. The number of nitrogens with one attached hydrogen (secondary N) is 1. The maximum atomic E-state index is 10.5. The largest absolute Gasteiger partial charge is 0.507 e. The van der Waals surface area contributed by atoms with Crippen molar-refractivity contribution in [3.05, 3.63) is 41.1 Å². The highest BCUT2D eigenvalue weighted by molar-refractivity contribution is 5.69. The maximum Gasteiger partial charge on any atom is 0.125 e. The molecule has 0 spiro atoms. The molecule has 1 saturated heterocycles. The van der Waals surface area contributed by atoms with Crippen LogP contribution in [0.1, 0.15) is 35.8 Å². The standard InChI is InChI=1S/C18H23N3O2/c1-11-5-6-14(16(22)8-11)17-12(2)9-15(20-21-17)18(23)13-4-3-7-19-10-13/h5-6,8-9,13,18-19,22-23H,3-4,7,10H2,1-2H3.